The molecule has 78 heavy (non-hydrogen) atoms. The number of hydrogen-bond acceptors (Lipinski definition) is 17. The molecule has 2 aromatic rings. The highest BCUT2D eigenvalue weighted by Gasteiger charge is 2.34. The summed E-state index contributed by atoms with van der Waals surface area (Å²) >= 11 is 0. The molecule has 0 unspecified atom stereocenters. The van der Waals surface area contributed by atoms with Crippen molar-refractivity contribution < 1.29 is 62.8 Å². The molecular formula is C50H87N15O13. The van der Waals surface area contributed by atoms with Crippen LogP contribution in [0, 0.1) is 0 Å². The molecule has 28 nitrogen and oxygen atoms in total. The number of imidazole rings is 1. The van der Waals surface area contributed by atoms with Crippen LogP contribution < -0.4 is 48.3 Å². The van der Waals surface area contributed by atoms with Crippen LogP contribution in [0.25, 0.3) is 0 Å². The van der Waals surface area contributed by atoms with Crippen LogP contribution in [0.5, 0.6) is 0 Å². The van der Waals surface area contributed by atoms with Gasteiger partial charge in [-0.15, -0.1) is 5.10 Å². The van der Waals surface area contributed by atoms with Gasteiger partial charge in [0.05, 0.1) is 51.1 Å². The third-order valence-electron chi connectivity index (χ3n) is 12.4. The molecule has 0 saturated carbocycles. The average molecular weight is 1110 g/mol. The van der Waals surface area contributed by atoms with E-state index in [4.69, 9.17) is 15.2 Å². The first kappa shape index (κ1) is 67.5. The number of amides is 9. The number of unbranched alkanes of at least 4 members (excludes halogenated alkanes) is 13. The highest BCUT2D eigenvalue weighted by atomic mass is 16.5. The third kappa shape index (κ3) is 30.9. The molecule has 28 heteroatoms. The van der Waals surface area contributed by atoms with Crippen LogP contribution >= 0.6 is 0 Å². The van der Waals surface area contributed by atoms with Crippen molar-refractivity contribution in [2.24, 2.45) is 5.73 Å². The van der Waals surface area contributed by atoms with Gasteiger partial charge in [0, 0.05) is 45.5 Å². The molecule has 2 aromatic heterocycles. The van der Waals surface area contributed by atoms with Crippen molar-refractivity contribution in [3.05, 3.63) is 24.0 Å². The number of ether oxygens (including phenoxy) is 2. The zero-order valence-electron chi connectivity index (χ0n) is 45.7. The normalized spacial score (nSPS) is 13.4. The number of H-pyrrole nitrogens is 2. The maximum atomic E-state index is 13.8. The van der Waals surface area contributed by atoms with E-state index in [1.54, 1.807) is 0 Å². The molecule has 2 heterocycles. The number of nitrogens with two attached hydrogens (primary N) is 1. The number of aromatic amines is 2. The summed E-state index contributed by atoms with van der Waals surface area (Å²) in [6.07, 6.45) is 18.4. The van der Waals surface area contributed by atoms with Gasteiger partial charge >= 0.3 is 0 Å². The molecule has 14 N–H and O–H groups in total. The number of carbonyl (C=O) groups is 9. The van der Waals surface area contributed by atoms with E-state index in [0.29, 0.717) is 19.4 Å². The molecule has 440 valence electrons. The van der Waals surface area contributed by atoms with Gasteiger partial charge in [-0.25, -0.2) is 10.1 Å². The number of aliphatic hydroxyl groups is 2. The predicted octanol–water partition coefficient (Wildman–Crippen LogP) is -1.57. The van der Waals surface area contributed by atoms with Crippen LogP contribution in [0.3, 0.4) is 0 Å². The van der Waals surface area contributed by atoms with Gasteiger partial charge in [-0.3, -0.25) is 43.2 Å². The van der Waals surface area contributed by atoms with Gasteiger partial charge in [-0.2, -0.15) is 0 Å². The summed E-state index contributed by atoms with van der Waals surface area (Å²) in [7, 11) is 1.40. The lowest BCUT2D eigenvalue weighted by atomic mass is 10.0. The Labute approximate surface area is 455 Å². The van der Waals surface area contributed by atoms with E-state index < -0.39 is 110 Å². The number of aromatic nitrogens is 6. The van der Waals surface area contributed by atoms with Crippen LogP contribution in [-0.4, -0.2) is 183 Å². The highest BCUT2D eigenvalue weighted by molar-refractivity contribution is 5.97. The Hall–Kier alpha value is -6.65. The topological polar surface area (TPSA) is 418 Å². The zero-order valence-corrected chi connectivity index (χ0v) is 45.7. The summed E-state index contributed by atoms with van der Waals surface area (Å²) in [6, 6.07) is -7.28. The SMILES string of the molecule is CCCC[C@H](NC(=O)[C@@H](NC(=O)[C@H](Cc1c[nH]cn1)NC(=O)[C@H](CCC(N)=O)NC(=O)[C@H](CO)NC(=O)CNC(=O)COCCOCCNC(=O)CCCCCCCCCCCCCCCc1nnn[nH]1)[C@@H](C)O)C(=O)NC. The van der Waals surface area contributed by atoms with E-state index in [0.717, 1.165) is 44.3 Å². The summed E-state index contributed by atoms with van der Waals surface area (Å²) < 4.78 is 10.7. The lowest BCUT2D eigenvalue weighted by molar-refractivity contribution is -0.136. The van der Waals surface area contributed by atoms with Crippen LogP contribution in [0.4, 0.5) is 0 Å². The second-order valence-corrected chi connectivity index (χ2v) is 19.0. The van der Waals surface area contributed by atoms with Crippen molar-refractivity contribution in [2.75, 3.05) is 53.2 Å². The van der Waals surface area contributed by atoms with Crippen molar-refractivity contribution in [3.8, 4) is 0 Å². The molecule has 0 spiro atoms. The second kappa shape index (κ2) is 41.4. The van der Waals surface area contributed by atoms with Crippen LogP contribution in [-0.2, 0) is 65.5 Å². The lowest BCUT2D eigenvalue weighted by Gasteiger charge is -2.27. The van der Waals surface area contributed by atoms with E-state index in [1.807, 2.05) is 6.92 Å². The number of primary amides is 1. The molecule has 0 fully saturated rings. The van der Waals surface area contributed by atoms with Crippen molar-refractivity contribution in [3.63, 3.8) is 0 Å². The Bertz CT molecular complexity index is 2050. The minimum Gasteiger partial charge on any atom is -0.394 e. The van der Waals surface area contributed by atoms with Crippen LogP contribution in [0.1, 0.15) is 147 Å². The van der Waals surface area contributed by atoms with Crippen molar-refractivity contribution in [2.45, 2.75) is 185 Å². The van der Waals surface area contributed by atoms with E-state index in [1.165, 1.54) is 84.3 Å². The van der Waals surface area contributed by atoms with Crippen molar-refractivity contribution in [1.29, 1.82) is 0 Å². The Morgan fingerprint density at radius 2 is 1.26 bits per heavy atom. The van der Waals surface area contributed by atoms with Gasteiger partial charge in [0.2, 0.25) is 53.2 Å². The van der Waals surface area contributed by atoms with Gasteiger partial charge in [-0.1, -0.05) is 90.4 Å². The highest BCUT2D eigenvalue weighted by Crippen LogP contribution is 2.14. The number of tetrazole rings is 1. The average Bonchev–Trinajstić information content (AvgIpc) is 4.16. The van der Waals surface area contributed by atoms with E-state index in [9.17, 15) is 53.4 Å². The largest absolute Gasteiger partial charge is 0.394 e. The number of nitrogens with zero attached hydrogens (tertiary/aromatic N) is 4. The number of carbonyl (C=O) groups excluding carboxylic acids is 9. The molecule has 0 saturated heterocycles. The number of hydrogen-bond donors (Lipinski definition) is 13. The Morgan fingerprint density at radius 3 is 1.85 bits per heavy atom. The standard InChI is InChI=1S/C50H87N15O13/c1-4-5-19-36(46(72)52-3)59-50(76)45(34(2)67)61-48(74)38(28-35-29-53-33-56-35)60-47(73)37(22-23-40(51)68)58-49(75)39(31-66)57-43(70)30-55-44(71)32-78-27-26-77-25-24-54-42(69)21-18-16-14-12-10-8-6-7-9-11-13-15-17-20-41-62-64-65-63-41/h29,33-34,36-39,45,66-67H,4-28,30-32H2,1-3H3,(H2,51,68)(H,52,72)(H,53,56)(H,54,69)(H,55,71)(H,57,70)(H,58,75)(H,59,76)(H,60,73)(H,61,74)(H,62,63,64,65)/t34-,36+,37+,38+,39+,45+/m1/s1. The maximum Gasteiger partial charge on any atom is 0.246 e. The number of aliphatic hydroxyl groups excluding tert-OH is 2. The quantitative estimate of drug-likeness (QED) is 0.0333. The molecule has 0 aliphatic rings. The molecule has 0 aliphatic carbocycles. The second-order valence-electron chi connectivity index (χ2n) is 19.0. The first-order chi connectivity index (χ1) is 37.6. The molecule has 9 amide bonds. The van der Waals surface area contributed by atoms with Crippen LogP contribution in [0.15, 0.2) is 12.5 Å². The van der Waals surface area contributed by atoms with Gasteiger partial charge in [0.25, 0.3) is 0 Å². The number of nitrogens with one attached hydrogen (secondary N) is 10. The molecule has 6 atom stereocenters. The fraction of sp³-hybridized carbons (Fsp3) is 0.740. The zero-order chi connectivity index (χ0) is 57.3. The van der Waals surface area contributed by atoms with Gasteiger partial charge in [0.1, 0.15) is 42.6 Å². The summed E-state index contributed by atoms with van der Waals surface area (Å²) in [5.74, 6) is -6.01. The Morgan fingerprint density at radius 1 is 0.654 bits per heavy atom. The summed E-state index contributed by atoms with van der Waals surface area (Å²) in [6.45, 7) is 1.89. The predicted molar refractivity (Wildman–Crippen MR) is 283 cm³/mol. The lowest BCUT2D eigenvalue weighted by Crippen LogP contribution is -2.61. The Kier molecular flexibility index (Phi) is 35.8. The maximum absolute atomic E-state index is 13.8. The first-order valence-corrected chi connectivity index (χ1v) is 27.3. The van der Waals surface area contributed by atoms with Gasteiger partial charge in [-0.05, 0) is 43.0 Å². The molecule has 0 aromatic carbocycles. The number of aryl methyl sites for hydroxylation is 1. The molecule has 0 aliphatic heterocycles. The third-order valence-corrected chi connectivity index (χ3v) is 12.4. The smallest absolute Gasteiger partial charge is 0.246 e. The molecular weight excluding hydrogens is 1020 g/mol. The van der Waals surface area contributed by atoms with E-state index in [2.05, 4.69) is 73.1 Å². The van der Waals surface area contributed by atoms with Gasteiger partial charge in [0.15, 0.2) is 0 Å². The summed E-state index contributed by atoms with van der Waals surface area (Å²) in [5.41, 5.74) is 5.62. The van der Waals surface area contributed by atoms with E-state index >= 15 is 0 Å². The fourth-order valence-electron chi connectivity index (χ4n) is 7.91. The minimum absolute atomic E-state index is 0.0367. The first-order valence-electron chi connectivity index (χ1n) is 27.3. The van der Waals surface area contributed by atoms with Crippen LogP contribution in [0.2, 0.25) is 0 Å². The van der Waals surface area contributed by atoms with Gasteiger partial charge < -0.3 is 72.9 Å². The monoisotopic (exact) mass is 1110 g/mol. The molecule has 0 radical (unpaired) electrons. The number of likely N-dealkylation sites (N-methyl/N-ethyl adjacent to an activating group) is 1. The van der Waals surface area contributed by atoms with Crippen molar-refractivity contribution >= 4 is 53.2 Å². The Balaban J connectivity index is 1.70. The minimum atomic E-state index is -1.65. The summed E-state index contributed by atoms with van der Waals surface area (Å²) in [4.78, 5) is 123. The summed E-state index contributed by atoms with van der Waals surface area (Å²) in [5, 5.41) is 54.0. The van der Waals surface area contributed by atoms with E-state index in [-0.39, 0.29) is 50.7 Å². The number of rotatable bonds is 46. The van der Waals surface area contributed by atoms with Crippen molar-refractivity contribution in [1.82, 2.24) is 73.1 Å². The molecule has 0 bridgehead atoms. The fourth-order valence-corrected chi connectivity index (χ4v) is 7.91. The molecule has 2 rings (SSSR count).